The summed E-state index contributed by atoms with van der Waals surface area (Å²) in [6.45, 7) is 8.65. The number of rotatable bonds is 8. The molecule has 3 heteroatoms. The Labute approximate surface area is 128 Å². The van der Waals surface area contributed by atoms with Gasteiger partial charge in [-0.25, -0.2) is 0 Å². The van der Waals surface area contributed by atoms with E-state index >= 15 is 0 Å². The molecule has 0 bridgehead atoms. The van der Waals surface area contributed by atoms with Gasteiger partial charge in [-0.3, -0.25) is 4.79 Å². The molecule has 0 fully saturated rings. The lowest BCUT2D eigenvalue weighted by atomic mass is 9.84. The van der Waals surface area contributed by atoms with Crippen LogP contribution in [0.5, 0.6) is 0 Å². The Morgan fingerprint density at radius 1 is 1.24 bits per heavy atom. The highest BCUT2D eigenvalue weighted by Crippen LogP contribution is 2.26. The predicted molar refractivity (Wildman–Crippen MR) is 88.1 cm³/mol. The quantitative estimate of drug-likeness (QED) is 0.573. The van der Waals surface area contributed by atoms with Gasteiger partial charge in [0.15, 0.2) is 0 Å². The maximum absolute atomic E-state index is 12.4. The molecule has 1 atom stereocenters. The number of benzene rings is 1. The number of carbonyl (C=O) groups is 1. The Bertz CT molecular complexity index is 437. The van der Waals surface area contributed by atoms with E-state index in [0.717, 1.165) is 18.4 Å². The van der Waals surface area contributed by atoms with Crippen LogP contribution in [0.4, 0.5) is 5.69 Å². The summed E-state index contributed by atoms with van der Waals surface area (Å²) < 4.78 is 5.57. The van der Waals surface area contributed by atoms with Crippen LogP contribution in [0.15, 0.2) is 24.3 Å². The SMILES string of the molecule is CCCCC(CC)COC(=O)C(C)(C)c1ccc(N)cc1. The monoisotopic (exact) mass is 291 g/mol. The second-order valence-corrected chi connectivity index (χ2v) is 6.26. The van der Waals surface area contributed by atoms with E-state index in [1.54, 1.807) is 0 Å². The van der Waals surface area contributed by atoms with Crippen LogP contribution >= 0.6 is 0 Å². The maximum Gasteiger partial charge on any atom is 0.315 e. The van der Waals surface area contributed by atoms with Gasteiger partial charge in [0.25, 0.3) is 0 Å². The van der Waals surface area contributed by atoms with E-state index in [-0.39, 0.29) is 5.97 Å². The van der Waals surface area contributed by atoms with Gasteiger partial charge in [0.1, 0.15) is 0 Å². The van der Waals surface area contributed by atoms with E-state index in [0.29, 0.717) is 18.2 Å². The van der Waals surface area contributed by atoms with E-state index in [1.807, 2.05) is 38.1 Å². The highest BCUT2D eigenvalue weighted by atomic mass is 16.5. The first-order valence-electron chi connectivity index (χ1n) is 7.95. The van der Waals surface area contributed by atoms with Crippen molar-refractivity contribution in [2.45, 2.75) is 58.8 Å². The molecule has 1 aromatic rings. The minimum atomic E-state index is -0.642. The number of esters is 1. The third kappa shape index (κ3) is 5.07. The van der Waals surface area contributed by atoms with Gasteiger partial charge >= 0.3 is 5.97 Å². The first kappa shape index (κ1) is 17.5. The number of unbranched alkanes of at least 4 members (excludes halogenated alkanes) is 1. The summed E-state index contributed by atoms with van der Waals surface area (Å²) in [7, 11) is 0. The van der Waals surface area contributed by atoms with Crippen molar-refractivity contribution in [3.8, 4) is 0 Å². The lowest BCUT2D eigenvalue weighted by molar-refractivity contribution is -0.150. The van der Waals surface area contributed by atoms with E-state index < -0.39 is 5.41 Å². The first-order chi connectivity index (χ1) is 9.91. The second kappa shape index (κ2) is 8.06. The van der Waals surface area contributed by atoms with Crippen molar-refractivity contribution in [2.75, 3.05) is 12.3 Å². The summed E-state index contributed by atoms with van der Waals surface area (Å²) in [6.07, 6.45) is 4.55. The van der Waals surface area contributed by atoms with Crippen molar-refractivity contribution in [2.24, 2.45) is 5.92 Å². The van der Waals surface area contributed by atoms with E-state index in [9.17, 15) is 4.79 Å². The lowest BCUT2D eigenvalue weighted by Gasteiger charge is -2.25. The Balaban J connectivity index is 2.62. The average molecular weight is 291 g/mol. The molecule has 3 nitrogen and oxygen atoms in total. The van der Waals surface area contributed by atoms with Crippen LogP contribution in [0.3, 0.4) is 0 Å². The number of nitrogens with two attached hydrogens (primary N) is 1. The van der Waals surface area contributed by atoms with Crippen molar-refractivity contribution in [1.29, 1.82) is 0 Å². The number of carbonyl (C=O) groups excluding carboxylic acids is 1. The van der Waals surface area contributed by atoms with E-state index in [2.05, 4.69) is 13.8 Å². The Kier molecular flexibility index (Phi) is 6.73. The third-order valence-electron chi connectivity index (χ3n) is 4.14. The summed E-state index contributed by atoms with van der Waals surface area (Å²) >= 11 is 0. The van der Waals surface area contributed by atoms with E-state index in [4.69, 9.17) is 10.5 Å². The van der Waals surface area contributed by atoms with Crippen molar-refractivity contribution in [1.82, 2.24) is 0 Å². The summed E-state index contributed by atoms with van der Waals surface area (Å²) in [5, 5.41) is 0. The molecule has 2 N–H and O–H groups in total. The molecule has 0 aliphatic carbocycles. The zero-order chi connectivity index (χ0) is 15.9. The topological polar surface area (TPSA) is 52.3 Å². The molecule has 0 aromatic heterocycles. The molecule has 0 heterocycles. The molecule has 0 saturated carbocycles. The van der Waals surface area contributed by atoms with Gasteiger partial charge in [-0.2, -0.15) is 0 Å². The standard InChI is InChI=1S/C18H29NO2/c1-5-7-8-14(6-2)13-21-17(20)18(3,4)15-9-11-16(19)12-10-15/h9-12,14H,5-8,13,19H2,1-4H3. The molecule has 0 radical (unpaired) electrons. The molecule has 0 spiro atoms. The highest BCUT2D eigenvalue weighted by molar-refractivity contribution is 5.82. The molecule has 0 aliphatic rings. The van der Waals surface area contributed by atoms with Crippen molar-refractivity contribution < 1.29 is 9.53 Å². The fourth-order valence-electron chi connectivity index (χ4n) is 2.29. The van der Waals surface area contributed by atoms with Crippen LogP contribution in [0.2, 0.25) is 0 Å². The number of nitrogen functional groups attached to an aromatic ring is 1. The van der Waals surface area contributed by atoms with Crippen LogP contribution in [-0.2, 0) is 14.9 Å². The highest BCUT2D eigenvalue weighted by Gasteiger charge is 2.31. The van der Waals surface area contributed by atoms with Crippen LogP contribution < -0.4 is 5.73 Å². The molecule has 0 amide bonds. The summed E-state index contributed by atoms with van der Waals surface area (Å²) in [5.41, 5.74) is 6.69. The van der Waals surface area contributed by atoms with Gasteiger partial charge in [-0.15, -0.1) is 0 Å². The molecule has 1 rings (SSSR count). The van der Waals surface area contributed by atoms with Crippen LogP contribution in [0, 0.1) is 5.92 Å². The minimum absolute atomic E-state index is 0.165. The fourth-order valence-corrected chi connectivity index (χ4v) is 2.29. The summed E-state index contributed by atoms with van der Waals surface area (Å²) in [5.74, 6) is 0.304. The normalized spacial score (nSPS) is 13.0. The van der Waals surface area contributed by atoms with Gasteiger partial charge in [-0.05, 0) is 43.9 Å². The van der Waals surface area contributed by atoms with Crippen molar-refractivity contribution in [3.05, 3.63) is 29.8 Å². The Morgan fingerprint density at radius 3 is 2.38 bits per heavy atom. The van der Waals surface area contributed by atoms with Gasteiger partial charge in [0.2, 0.25) is 0 Å². The number of hydrogen-bond donors (Lipinski definition) is 1. The average Bonchev–Trinajstić information content (AvgIpc) is 2.47. The number of hydrogen-bond acceptors (Lipinski definition) is 3. The molecule has 118 valence electrons. The van der Waals surface area contributed by atoms with Crippen LogP contribution in [0.25, 0.3) is 0 Å². The van der Waals surface area contributed by atoms with Gasteiger partial charge in [-0.1, -0.05) is 45.2 Å². The van der Waals surface area contributed by atoms with E-state index in [1.165, 1.54) is 12.8 Å². The molecule has 1 unspecified atom stereocenters. The first-order valence-corrected chi connectivity index (χ1v) is 7.95. The maximum atomic E-state index is 12.4. The molecule has 21 heavy (non-hydrogen) atoms. The Morgan fingerprint density at radius 2 is 1.86 bits per heavy atom. The molecule has 0 aliphatic heterocycles. The largest absolute Gasteiger partial charge is 0.465 e. The zero-order valence-corrected chi connectivity index (χ0v) is 13.8. The summed E-state index contributed by atoms with van der Waals surface area (Å²) in [6, 6.07) is 7.43. The second-order valence-electron chi connectivity index (χ2n) is 6.26. The smallest absolute Gasteiger partial charge is 0.315 e. The minimum Gasteiger partial charge on any atom is -0.465 e. The van der Waals surface area contributed by atoms with Crippen LogP contribution in [-0.4, -0.2) is 12.6 Å². The Hall–Kier alpha value is -1.51. The van der Waals surface area contributed by atoms with Crippen LogP contribution in [0.1, 0.15) is 58.9 Å². The van der Waals surface area contributed by atoms with Crippen molar-refractivity contribution in [3.63, 3.8) is 0 Å². The fraction of sp³-hybridized carbons (Fsp3) is 0.611. The lowest BCUT2D eigenvalue weighted by Crippen LogP contribution is -2.32. The van der Waals surface area contributed by atoms with Gasteiger partial charge in [0.05, 0.1) is 12.0 Å². The molecule has 1 aromatic carbocycles. The van der Waals surface area contributed by atoms with Crippen molar-refractivity contribution >= 4 is 11.7 Å². The summed E-state index contributed by atoms with van der Waals surface area (Å²) in [4.78, 5) is 12.4. The number of anilines is 1. The zero-order valence-electron chi connectivity index (χ0n) is 13.8. The molecular formula is C18H29NO2. The van der Waals surface area contributed by atoms with Gasteiger partial charge < -0.3 is 10.5 Å². The molecular weight excluding hydrogens is 262 g/mol. The predicted octanol–water partition coefficient (Wildman–Crippen LogP) is 4.31. The number of ether oxygens (including phenoxy) is 1. The third-order valence-corrected chi connectivity index (χ3v) is 4.14. The molecule has 0 saturated heterocycles. The van der Waals surface area contributed by atoms with Gasteiger partial charge in [0, 0.05) is 5.69 Å².